The molecule has 6 fully saturated rings. The smallest absolute Gasteiger partial charge is 0.270 e. The molecule has 16 aromatic rings. The molecule has 744 valence electrons. The quantitative estimate of drug-likeness (QED) is 0.0740. The molecule has 146 heavy (non-hydrogen) atoms. The minimum absolute atomic E-state index is 0.00602. The van der Waals surface area contributed by atoms with E-state index in [-0.39, 0.29) is 71.0 Å². The molecule has 19 nitrogen and oxygen atoms in total. The van der Waals surface area contributed by atoms with Gasteiger partial charge in [0.05, 0.1) is 6.04 Å². The number of piperidine rings is 4. The number of hydrogen-bond acceptors (Lipinski definition) is 8. The number of carbonyl (C=O) groups excluding carboxylic acids is 7. The van der Waals surface area contributed by atoms with Gasteiger partial charge >= 0.3 is 0 Å². The molecule has 0 radical (unpaired) electrons. The monoisotopic (exact) mass is 2000 g/mol. The Labute approximate surface area is 867 Å². The predicted octanol–water partition coefficient (Wildman–Crippen LogP) is 24.0. The Balaban J connectivity index is 0.000000119. The topological polar surface area (TPSA) is 174 Å². The maximum atomic E-state index is 13.8. The number of halogens is 4. The average Bonchev–Trinajstić information content (AvgIpc) is 1.63. The van der Waals surface area contributed by atoms with Gasteiger partial charge in [0.25, 0.3) is 23.6 Å². The first-order valence-corrected chi connectivity index (χ1v) is 52.8. The van der Waals surface area contributed by atoms with Gasteiger partial charge in [0, 0.05) is 200 Å². The van der Waals surface area contributed by atoms with Crippen LogP contribution >= 0.6 is 34.8 Å². The Bertz CT molecular complexity index is 7260. The van der Waals surface area contributed by atoms with E-state index in [2.05, 4.69) is 126 Å². The molecule has 7 aliphatic heterocycles. The molecule has 11 heterocycles. The van der Waals surface area contributed by atoms with E-state index in [4.69, 9.17) is 34.8 Å². The van der Waals surface area contributed by atoms with E-state index in [0.29, 0.717) is 167 Å². The minimum Gasteiger partial charge on any atom is -0.342 e. The van der Waals surface area contributed by atoms with Crippen molar-refractivity contribution in [2.75, 3.05) is 78.5 Å². The largest absolute Gasteiger partial charge is 0.342 e. The maximum absolute atomic E-state index is 13.8. The SMILES string of the molecule is O=C(c1cc2ccccc2n1Cc1ccc(Cl)cc1)N1CCC(C(=O)N2CCC(c3ccccc3)C2)CC1.O=C(c1cc2ccccc2n1Cc1ccc(Cl)cc1)N1CCC(C(=O)N2CCCC2c2ccccc2)CC1.O=C(c1cc2ccccc2n1Cc1ccc(Cl)cc1)N1CCC(C(=O)N2Cc3ccccc3C2)CC1.O=C(c1cc2ccccc2n1Cc1ccc(F)cc1)N1CCC(CNCc2ccccc2)CC1. The molecule has 0 bridgehead atoms. The third-order valence-corrected chi connectivity index (χ3v) is 31.4. The van der Waals surface area contributed by atoms with Crippen molar-refractivity contribution < 1.29 is 38.0 Å². The minimum atomic E-state index is -0.251. The molecule has 0 saturated carbocycles. The third kappa shape index (κ3) is 23.0. The lowest BCUT2D eigenvalue weighted by atomic mass is 9.94. The zero-order valence-corrected chi connectivity index (χ0v) is 84.5. The predicted molar refractivity (Wildman–Crippen MR) is 579 cm³/mol. The summed E-state index contributed by atoms with van der Waals surface area (Å²) in [6.07, 6.45) is 9.35. The lowest BCUT2D eigenvalue weighted by Crippen LogP contribution is -2.44. The van der Waals surface area contributed by atoms with Crippen molar-refractivity contribution in [3.05, 3.63) is 427 Å². The Kier molecular flexibility index (Phi) is 31.3. The average molecular weight is 2010 g/mol. The van der Waals surface area contributed by atoms with Crippen LogP contribution in [0.3, 0.4) is 0 Å². The van der Waals surface area contributed by atoms with Gasteiger partial charge in [-0.25, -0.2) is 4.39 Å². The standard InChI is InChI=1S/2C32H32ClN3O2.C30H28ClN3O2.C29H30FN3O/c33-27-14-12-23(13-15-27)22-36-29-10-5-4-9-26(29)21-30(36)32(38)34-19-16-25(17-20-34)31(37)35-18-6-11-28(35)24-7-2-1-3-8-24;33-28-12-10-23(11-13-28)21-36-29-9-5-4-8-26(29)20-30(36)32(38)34-17-14-25(15-18-34)31(37)35-19-16-27(22-35)24-6-2-1-3-7-24;31-26-11-9-21(10-12-26)18-34-27-8-4-3-5-23(27)17-28(34)30(36)32-15-13-22(14-16-32)29(35)33-19-24-6-1-2-7-25(24)20-33;30-26-12-10-24(11-13-26)21-33-27-9-5-4-8-25(27)18-28(33)29(34)32-16-14-23(15-17-32)20-31-19-22-6-2-1-3-7-22/h1-5,7-10,12-15,21,25,28H,6,11,16-20,22H2;1-13,20,25,27H,14-19,21-22H2;1-12,17,22H,13-16,18-20H2;1-13,18,23,31H,14-17,19-21H2. The summed E-state index contributed by atoms with van der Waals surface area (Å²) >= 11 is 18.3. The fourth-order valence-corrected chi connectivity index (χ4v) is 22.9. The Morgan fingerprint density at radius 1 is 0.295 bits per heavy atom. The van der Waals surface area contributed by atoms with Gasteiger partial charge in [-0.1, -0.05) is 271 Å². The van der Waals surface area contributed by atoms with Crippen LogP contribution in [0.15, 0.2) is 334 Å². The van der Waals surface area contributed by atoms with E-state index in [1.807, 2.05) is 242 Å². The van der Waals surface area contributed by atoms with Gasteiger partial charge < -0.3 is 57.9 Å². The molecule has 23 heteroatoms. The second-order valence-electron chi connectivity index (χ2n) is 40.0. The normalized spacial score (nSPS) is 16.8. The van der Waals surface area contributed by atoms with Crippen molar-refractivity contribution in [3.8, 4) is 0 Å². The number of aromatic nitrogens is 4. The zero-order chi connectivity index (χ0) is 100. The van der Waals surface area contributed by atoms with E-state index < -0.39 is 0 Å². The summed E-state index contributed by atoms with van der Waals surface area (Å²) in [4.78, 5) is 109. The highest BCUT2D eigenvalue weighted by atomic mass is 35.5. The van der Waals surface area contributed by atoms with Gasteiger partial charge in [-0.2, -0.15) is 0 Å². The summed E-state index contributed by atoms with van der Waals surface area (Å²) in [5, 5.41) is 9.87. The number of carbonyl (C=O) groups is 7. The molecule has 4 aromatic heterocycles. The van der Waals surface area contributed by atoms with Crippen molar-refractivity contribution in [2.24, 2.45) is 23.7 Å². The second kappa shape index (κ2) is 46.1. The molecule has 2 atom stereocenters. The van der Waals surface area contributed by atoms with Crippen molar-refractivity contribution >= 4 is 120 Å². The Morgan fingerprint density at radius 2 is 0.610 bits per heavy atom. The van der Waals surface area contributed by atoms with Crippen molar-refractivity contribution in [2.45, 2.75) is 128 Å². The number of fused-ring (bicyclic) bond motifs is 5. The van der Waals surface area contributed by atoms with Crippen LogP contribution in [0.1, 0.15) is 175 Å². The van der Waals surface area contributed by atoms with Crippen molar-refractivity contribution in [1.29, 1.82) is 0 Å². The number of nitrogens with zero attached hydrogens (tertiary/aromatic N) is 11. The third-order valence-electron chi connectivity index (χ3n) is 30.7. The molecule has 7 amide bonds. The van der Waals surface area contributed by atoms with E-state index in [9.17, 15) is 38.0 Å². The summed E-state index contributed by atoms with van der Waals surface area (Å²) < 4.78 is 21.8. The van der Waals surface area contributed by atoms with Crippen LogP contribution in [0.2, 0.25) is 15.1 Å². The number of hydrogen-bond donors (Lipinski definition) is 1. The molecule has 2 unspecified atom stereocenters. The Morgan fingerprint density at radius 3 is 0.993 bits per heavy atom. The van der Waals surface area contributed by atoms with Gasteiger partial charge in [0.15, 0.2) is 0 Å². The number of rotatable bonds is 21. The number of likely N-dealkylation sites (tertiary alicyclic amines) is 6. The molecule has 7 aliphatic rings. The van der Waals surface area contributed by atoms with Gasteiger partial charge in [0.2, 0.25) is 17.7 Å². The molecule has 6 saturated heterocycles. The lowest BCUT2D eigenvalue weighted by molar-refractivity contribution is -0.138. The van der Waals surface area contributed by atoms with Crippen LogP contribution in [0.5, 0.6) is 0 Å². The molecule has 1 N–H and O–H groups in total. The second-order valence-corrected chi connectivity index (χ2v) is 41.3. The Hall–Kier alpha value is -14.2. The van der Waals surface area contributed by atoms with Crippen LogP contribution in [0, 0.1) is 29.5 Å². The lowest BCUT2D eigenvalue weighted by Gasteiger charge is -2.35. The summed E-state index contributed by atoms with van der Waals surface area (Å²) in [7, 11) is 0. The van der Waals surface area contributed by atoms with Crippen molar-refractivity contribution in [1.82, 2.24) is 57.9 Å². The molecule has 0 aliphatic carbocycles. The summed E-state index contributed by atoms with van der Waals surface area (Å²) in [5.74, 6) is 1.59. The van der Waals surface area contributed by atoms with Crippen molar-refractivity contribution in [3.63, 3.8) is 0 Å². The van der Waals surface area contributed by atoms with Crippen LogP contribution in [0.4, 0.5) is 4.39 Å². The maximum Gasteiger partial charge on any atom is 0.270 e. The van der Waals surface area contributed by atoms with Gasteiger partial charge in [-0.05, 0) is 230 Å². The summed E-state index contributed by atoms with van der Waals surface area (Å²) in [6.45, 7) is 13.1. The van der Waals surface area contributed by atoms with E-state index >= 15 is 0 Å². The molecular formula is C123H122Cl3FN12O7. The number of benzene rings is 12. The van der Waals surface area contributed by atoms with Crippen LogP contribution < -0.4 is 5.32 Å². The first-order chi connectivity index (χ1) is 71.4. The van der Waals surface area contributed by atoms with Crippen LogP contribution in [0.25, 0.3) is 43.6 Å². The van der Waals surface area contributed by atoms with Crippen LogP contribution in [-0.2, 0) is 60.2 Å². The number of nitrogens with one attached hydrogen (secondary N) is 1. The van der Waals surface area contributed by atoms with E-state index in [1.165, 1.54) is 39.9 Å². The van der Waals surface area contributed by atoms with E-state index in [1.54, 1.807) is 12.1 Å². The summed E-state index contributed by atoms with van der Waals surface area (Å²) in [6, 6.07) is 110. The first kappa shape index (κ1) is 99.2. The molecule has 12 aromatic carbocycles. The highest BCUT2D eigenvalue weighted by Crippen LogP contribution is 2.39. The molecule has 23 rings (SSSR count). The molecular weight excluding hydrogens is 1880 g/mol. The van der Waals surface area contributed by atoms with Gasteiger partial charge in [-0.3, -0.25) is 33.6 Å². The zero-order valence-electron chi connectivity index (χ0n) is 82.2. The van der Waals surface area contributed by atoms with E-state index in [0.717, 1.165) is 144 Å². The number of para-hydroxylation sites is 4. The number of amides is 7. The van der Waals surface area contributed by atoms with Gasteiger partial charge in [-0.15, -0.1) is 0 Å². The van der Waals surface area contributed by atoms with Gasteiger partial charge in [0.1, 0.15) is 28.6 Å². The summed E-state index contributed by atoms with van der Waals surface area (Å²) in [5.41, 5.74) is 17.5. The fourth-order valence-electron chi connectivity index (χ4n) is 22.6. The highest BCUT2D eigenvalue weighted by Gasteiger charge is 2.40. The highest BCUT2D eigenvalue weighted by molar-refractivity contribution is 6.31. The molecule has 0 spiro atoms. The first-order valence-electron chi connectivity index (χ1n) is 51.7. The fraction of sp³-hybridized carbons (Fsp3) is 0.293. The van der Waals surface area contributed by atoms with Crippen LogP contribution in [-0.4, -0.2) is 172 Å².